The second-order valence-corrected chi connectivity index (χ2v) is 4.01. The number of hydrogen-bond donors (Lipinski definition) is 2. The first kappa shape index (κ1) is 13.0. The Hall–Kier alpha value is -1.02. The van der Waals surface area contributed by atoms with Crippen LogP contribution in [0.3, 0.4) is 0 Å². The lowest BCUT2D eigenvalue weighted by molar-refractivity contribution is 0.195. The maximum Gasteiger partial charge on any atom is 0.174 e. The predicted molar refractivity (Wildman–Crippen MR) is 67.7 cm³/mol. The van der Waals surface area contributed by atoms with Crippen LogP contribution in [-0.4, -0.2) is 36.9 Å². The number of nitrogens with zero attached hydrogens (tertiary/aromatic N) is 1. The fourth-order valence-corrected chi connectivity index (χ4v) is 1.95. The SMILES string of the molecule is COc1cc(C=NO)cc(I)c1OCCO. The molecule has 0 aromatic heterocycles. The summed E-state index contributed by atoms with van der Waals surface area (Å²) in [5.41, 5.74) is 0.708. The molecule has 16 heavy (non-hydrogen) atoms. The molecule has 0 saturated carbocycles. The van der Waals surface area contributed by atoms with Crippen molar-refractivity contribution in [1.82, 2.24) is 0 Å². The zero-order valence-corrected chi connectivity index (χ0v) is 10.8. The second-order valence-electron chi connectivity index (χ2n) is 2.85. The van der Waals surface area contributed by atoms with E-state index >= 15 is 0 Å². The van der Waals surface area contributed by atoms with Gasteiger partial charge < -0.3 is 19.8 Å². The molecule has 1 aromatic carbocycles. The van der Waals surface area contributed by atoms with Gasteiger partial charge in [-0.1, -0.05) is 5.16 Å². The van der Waals surface area contributed by atoms with Crippen LogP contribution in [0.15, 0.2) is 17.3 Å². The first-order valence-electron chi connectivity index (χ1n) is 4.51. The predicted octanol–water partition coefficient (Wildman–Crippen LogP) is 1.48. The molecule has 0 spiro atoms. The molecule has 2 N–H and O–H groups in total. The number of benzene rings is 1. The summed E-state index contributed by atoms with van der Waals surface area (Å²) in [6.07, 6.45) is 1.31. The summed E-state index contributed by atoms with van der Waals surface area (Å²) in [5, 5.41) is 20.1. The van der Waals surface area contributed by atoms with Crippen molar-refractivity contribution >= 4 is 28.8 Å². The van der Waals surface area contributed by atoms with E-state index in [-0.39, 0.29) is 13.2 Å². The number of oxime groups is 1. The lowest BCUT2D eigenvalue weighted by atomic mass is 10.2. The zero-order chi connectivity index (χ0) is 12.0. The summed E-state index contributed by atoms with van der Waals surface area (Å²) < 4.78 is 11.3. The van der Waals surface area contributed by atoms with E-state index in [0.29, 0.717) is 17.1 Å². The average Bonchev–Trinajstić information content (AvgIpc) is 2.27. The Morgan fingerprint density at radius 2 is 2.25 bits per heavy atom. The number of hydrogen-bond acceptors (Lipinski definition) is 5. The van der Waals surface area contributed by atoms with Crippen LogP contribution in [0.25, 0.3) is 0 Å². The molecule has 0 amide bonds. The van der Waals surface area contributed by atoms with Crippen LogP contribution in [0.5, 0.6) is 11.5 Å². The van der Waals surface area contributed by atoms with Crippen molar-refractivity contribution in [2.75, 3.05) is 20.3 Å². The lowest BCUT2D eigenvalue weighted by Gasteiger charge is -2.12. The van der Waals surface area contributed by atoms with Gasteiger partial charge in [0, 0.05) is 5.56 Å². The van der Waals surface area contributed by atoms with E-state index in [2.05, 4.69) is 27.7 Å². The zero-order valence-electron chi connectivity index (χ0n) is 8.68. The highest BCUT2D eigenvalue weighted by atomic mass is 127. The average molecular weight is 337 g/mol. The summed E-state index contributed by atoms with van der Waals surface area (Å²) in [5.74, 6) is 1.11. The Bertz CT molecular complexity index is 381. The van der Waals surface area contributed by atoms with Gasteiger partial charge in [-0.05, 0) is 34.7 Å². The third-order valence-electron chi connectivity index (χ3n) is 1.80. The number of aliphatic hydroxyl groups excluding tert-OH is 1. The van der Waals surface area contributed by atoms with Crippen molar-refractivity contribution in [3.05, 3.63) is 21.3 Å². The van der Waals surface area contributed by atoms with E-state index in [1.165, 1.54) is 13.3 Å². The smallest absolute Gasteiger partial charge is 0.174 e. The Balaban J connectivity index is 3.07. The van der Waals surface area contributed by atoms with Crippen LogP contribution in [0.2, 0.25) is 0 Å². The highest BCUT2D eigenvalue weighted by molar-refractivity contribution is 14.1. The standard InChI is InChI=1S/C10H12INO4/c1-15-9-5-7(6-12-14)4-8(11)10(9)16-3-2-13/h4-6,13-14H,2-3H2,1H3. The maximum absolute atomic E-state index is 8.70. The van der Waals surface area contributed by atoms with Crippen molar-refractivity contribution in [2.45, 2.75) is 0 Å². The van der Waals surface area contributed by atoms with Crippen LogP contribution >= 0.6 is 22.6 Å². The van der Waals surface area contributed by atoms with E-state index in [9.17, 15) is 0 Å². The van der Waals surface area contributed by atoms with Gasteiger partial charge in [0.05, 0.1) is 23.5 Å². The molecular formula is C10H12INO4. The van der Waals surface area contributed by atoms with Gasteiger partial charge in [0.25, 0.3) is 0 Å². The molecule has 0 heterocycles. The van der Waals surface area contributed by atoms with Crippen molar-refractivity contribution in [1.29, 1.82) is 0 Å². The highest BCUT2D eigenvalue weighted by Gasteiger charge is 2.10. The molecule has 0 aliphatic carbocycles. The van der Waals surface area contributed by atoms with Gasteiger partial charge >= 0.3 is 0 Å². The summed E-state index contributed by atoms with van der Waals surface area (Å²) in [7, 11) is 1.52. The summed E-state index contributed by atoms with van der Waals surface area (Å²) >= 11 is 2.08. The van der Waals surface area contributed by atoms with Crippen LogP contribution in [0, 0.1) is 3.57 Å². The molecule has 0 radical (unpaired) electrons. The molecule has 0 aliphatic heterocycles. The molecule has 1 rings (SSSR count). The first-order chi connectivity index (χ1) is 7.72. The topological polar surface area (TPSA) is 71.3 Å². The minimum atomic E-state index is -0.0565. The summed E-state index contributed by atoms with van der Waals surface area (Å²) in [4.78, 5) is 0. The molecule has 6 heteroatoms. The fourth-order valence-electron chi connectivity index (χ4n) is 1.17. The summed E-state index contributed by atoms with van der Waals surface area (Å²) in [6, 6.07) is 3.48. The lowest BCUT2D eigenvalue weighted by Crippen LogP contribution is -2.05. The molecule has 0 atom stereocenters. The van der Waals surface area contributed by atoms with Gasteiger partial charge in [-0.15, -0.1) is 0 Å². The van der Waals surface area contributed by atoms with E-state index in [1.54, 1.807) is 12.1 Å². The molecular weight excluding hydrogens is 325 g/mol. The minimum absolute atomic E-state index is 0.0565. The molecule has 1 aromatic rings. The highest BCUT2D eigenvalue weighted by Crippen LogP contribution is 2.33. The molecule has 0 saturated heterocycles. The van der Waals surface area contributed by atoms with Crippen LogP contribution < -0.4 is 9.47 Å². The van der Waals surface area contributed by atoms with Gasteiger partial charge in [-0.25, -0.2) is 0 Å². The van der Waals surface area contributed by atoms with Crippen molar-refractivity contribution in [3.63, 3.8) is 0 Å². The van der Waals surface area contributed by atoms with Crippen LogP contribution in [-0.2, 0) is 0 Å². The molecule has 0 fully saturated rings. The molecule has 0 unspecified atom stereocenters. The van der Waals surface area contributed by atoms with Gasteiger partial charge in [0.1, 0.15) is 6.61 Å². The van der Waals surface area contributed by atoms with E-state index in [4.69, 9.17) is 19.8 Å². The Kier molecular flexibility index (Phi) is 5.33. The molecule has 0 aliphatic rings. The quantitative estimate of drug-likeness (QED) is 0.370. The van der Waals surface area contributed by atoms with Gasteiger partial charge in [0.15, 0.2) is 11.5 Å². The molecule has 88 valence electrons. The Morgan fingerprint density at radius 1 is 1.50 bits per heavy atom. The molecule has 0 bridgehead atoms. The second kappa shape index (κ2) is 6.54. The van der Waals surface area contributed by atoms with Crippen LogP contribution in [0.1, 0.15) is 5.56 Å². The van der Waals surface area contributed by atoms with Gasteiger partial charge in [-0.3, -0.25) is 0 Å². The van der Waals surface area contributed by atoms with Crippen molar-refractivity contribution in [2.24, 2.45) is 5.16 Å². The number of halogens is 1. The minimum Gasteiger partial charge on any atom is -0.493 e. The largest absolute Gasteiger partial charge is 0.493 e. The first-order valence-corrected chi connectivity index (χ1v) is 5.59. The van der Waals surface area contributed by atoms with Crippen molar-refractivity contribution in [3.8, 4) is 11.5 Å². The number of methoxy groups -OCH3 is 1. The van der Waals surface area contributed by atoms with E-state index in [0.717, 1.165) is 3.57 Å². The monoisotopic (exact) mass is 337 g/mol. The number of aliphatic hydroxyl groups is 1. The van der Waals surface area contributed by atoms with Gasteiger partial charge in [-0.2, -0.15) is 0 Å². The number of ether oxygens (including phenoxy) is 2. The van der Waals surface area contributed by atoms with E-state index in [1.807, 2.05) is 0 Å². The normalized spacial score (nSPS) is 10.7. The Labute approximate surface area is 107 Å². The molecule has 5 nitrogen and oxygen atoms in total. The third-order valence-corrected chi connectivity index (χ3v) is 2.60. The third kappa shape index (κ3) is 3.24. The van der Waals surface area contributed by atoms with Crippen molar-refractivity contribution < 1.29 is 19.8 Å². The maximum atomic E-state index is 8.70. The van der Waals surface area contributed by atoms with E-state index < -0.39 is 0 Å². The van der Waals surface area contributed by atoms with Gasteiger partial charge in [0.2, 0.25) is 0 Å². The fraction of sp³-hybridized carbons (Fsp3) is 0.300. The number of rotatable bonds is 5. The van der Waals surface area contributed by atoms with Crippen LogP contribution in [0.4, 0.5) is 0 Å². The Morgan fingerprint density at radius 3 is 2.81 bits per heavy atom. The summed E-state index contributed by atoms with van der Waals surface area (Å²) in [6.45, 7) is 0.152.